The van der Waals surface area contributed by atoms with Crippen molar-refractivity contribution in [2.24, 2.45) is 5.92 Å². The Hall–Kier alpha value is -1.65. The van der Waals surface area contributed by atoms with Gasteiger partial charge in [0.1, 0.15) is 11.6 Å². The normalized spacial score (nSPS) is 26.6. The number of carbonyl (C=O) groups is 1. The van der Waals surface area contributed by atoms with Gasteiger partial charge in [-0.25, -0.2) is 14.8 Å². The largest absolute Gasteiger partial charge is 0.323 e. The molecule has 1 aromatic rings. The van der Waals surface area contributed by atoms with Crippen LogP contribution >= 0.6 is 0 Å². The number of likely N-dealkylation sites (tertiary alicyclic amines) is 1. The van der Waals surface area contributed by atoms with Gasteiger partial charge in [0.2, 0.25) is 0 Å². The molecule has 4 rings (SSSR count). The highest BCUT2D eigenvalue weighted by molar-refractivity contribution is 5.89. The van der Waals surface area contributed by atoms with E-state index in [1.54, 1.807) is 12.3 Å². The summed E-state index contributed by atoms with van der Waals surface area (Å²) in [5.74, 6) is 2.22. The molecule has 1 N–H and O–H groups in total. The number of amides is 2. The molecule has 0 radical (unpaired) electrons. The molecule has 0 aromatic carbocycles. The van der Waals surface area contributed by atoms with E-state index in [9.17, 15) is 4.79 Å². The molecule has 5 heteroatoms. The molecule has 3 aliphatic rings. The quantitative estimate of drug-likeness (QED) is 0.931. The zero-order valence-corrected chi connectivity index (χ0v) is 13.2. The van der Waals surface area contributed by atoms with Gasteiger partial charge in [-0.15, -0.1) is 0 Å². The number of carbonyl (C=O) groups excluding carboxylic acids is 1. The van der Waals surface area contributed by atoms with Crippen molar-refractivity contribution in [2.45, 2.75) is 63.3 Å². The number of hydrogen-bond donors (Lipinski definition) is 1. The van der Waals surface area contributed by atoms with Crippen LogP contribution in [0.5, 0.6) is 0 Å². The van der Waals surface area contributed by atoms with Gasteiger partial charge in [0.05, 0.1) is 0 Å². The minimum Gasteiger partial charge on any atom is -0.321 e. The summed E-state index contributed by atoms with van der Waals surface area (Å²) in [6.07, 6.45) is 10.4. The van der Waals surface area contributed by atoms with E-state index >= 15 is 0 Å². The second kappa shape index (κ2) is 5.21. The lowest BCUT2D eigenvalue weighted by molar-refractivity contribution is 0.0853. The topological polar surface area (TPSA) is 58.1 Å². The van der Waals surface area contributed by atoms with E-state index in [1.165, 1.54) is 25.7 Å². The summed E-state index contributed by atoms with van der Waals surface area (Å²) in [7, 11) is 0. The summed E-state index contributed by atoms with van der Waals surface area (Å²) in [5, 5.41) is 2.97. The summed E-state index contributed by atoms with van der Waals surface area (Å²) in [6.45, 7) is 3.06. The molecule has 2 aliphatic carbocycles. The van der Waals surface area contributed by atoms with Crippen LogP contribution in [0.3, 0.4) is 0 Å². The van der Waals surface area contributed by atoms with Gasteiger partial charge in [-0.1, -0.05) is 19.8 Å². The van der Waals surface area contributed by atoms with Crippen LogP contribution < -0.4 is 5.32 Å². The van der Waals surface area contributed by atoms with E-state index in [2.05, 4.69) is 22.2 Å². The van der Waals surface area contributed by atoms with Gasteiger partial charge in [0.15, 0.2) is 0 Å². The van der Waals surface area contributed by atoms with Crippen LogP contribution in [0, 0.1) is 5.92 Å². The van der Waals surface area contributed by atoms with E-state index in [0.717, 1.165) is 31.6 Å². The fraction of sp³-hybridized carbons (Fsp3) is 0.706. The molecule has 3 fully saturated rings. The van der Waals surface area contributed by atoms with Crippen LogP contribution in [0.4, 0.5) is 10.6 Å². The number of rotatable bonds is 3. The van der Waals surface area contributed by atoms with Crippen LogP contribution in [0.25, 0.3) is 0 Å². The molecule has 2 saturated carbocycles. The smallest absolute Gasteiger partial charge is 0.321 e. The number of nitrogens with one attached hydrogen (secondary N) is 1. The molecule has 0 spiro atoms. The lowest BCUT2D eigenvalue weighted by Gasteiger charge is -2.44. The van der Waals surface area contributed by atoms with Crippen LogP contribution in [-0.4, -0.2) is 33.5 Å². The summed E-state index contributed by atoms with van der Waals surface area (Å²) in [5.41, 5.74) is 0.129. The predicted octanol–water partition coefficient (Wildman–Crippen LogP) is 3.32. The predicted molar refractivity (Wildman–Crippen MR) is 84.7 cm³/mol. The maximum absolute atomic E-state index is 12.5. The monoisotopic (exact) mass is 300 g/mol. The second-order valence-electron chi connectivity index (χ2n) is 7.35. The molecule has 1 atom stereocenters. The van der Waals surface area contributed by atoms with E-state index in [1.807, 2.05) is 4.90 Å². The Morgan fingerprint density at radius 2 is 2.09 bits per heavy atom. The summed E-state index contributed by atoms with van der Waals surface area (Å²) in [6, 6.07) is 2.25. The highest BCUT2D eigenvalue weighted by atomic mass is 16.2. The molecule has 22 heavy (non-hydrogen) atoms. The zero-order chi connectivity index (χ0) is 15.2. The van der Waals surface area contributed by atoms with Gasteiger partial charge < -0.3 is 4.90 Å². The van der Waals surface area contributed by atoms with Crippen molar-refractivity contribution >= 4 is 11.8 Å². The number of hydrogen-bond acceptors (Lipinski definition) is 3. The first-order valence-electron chi connectivity index (χ1n) is 8.57. The van der Waals surface area contributed by atoms with Crippen molar-refractivity contribution in [1.29, 1.82) is 0 Å². The maximum atomic E-state index is 12.5. The standard InChI is InChI=1S/C17H24N4O/c1-17(8-9-17)15-18-10-6-14(19-15)20-16(22)21-11-7-13(21)12-4-2-3-5-12/h6,10,12-13H,2-5,7-9,11H2,1H3,(H,18,19,20,22). The van der Waals surface area contributed by atoms with Crippen molar-refractivity contribution in [1.82, 2.24) is 14.9 Å². The number of anilines is 1. The fourth-order valence-electron chi connectivity index (χ4n) is 3.80. The van der Waals surface area contributed by atoms with Gasteiger partial charge in [-0.2, -0.15) is 0 Å². The molecule has 1 aliphatic heterocycles. The molecule has 1 saturated heterocycles. The first kappa shape index (κ1) is 14.0. The van der Waals surface area contributed by atoms with Gasteiger partial charge >= 0.3 is 6.03 Å². The zero-order valence-electron chi connectivity index (χ0n) is 13.2. The first-order valence-corrected chi connectivity index (χ1v) is 8.57. The van der Waals surface area contributed by atoms with Gasteiger partial charge in [-0.3, -0.25) is 5.32 Å². The van der Waals surface area contributed by atoms with Crippen molar-refractivity contribution in [3.8, 4) is 0 Å². The minimum atomic E-state index is 0.00810. The number of urea groups is 1. The molecule has 1 unspecified atom stereocenters. The molecule has 2 amide bonds. The molecule has 0 bridgehead atoms. The highest BCUT2D eigenvalue weighted by Gasteiger charge is 2.42. The van der Waals surface area contributed by atoms with Gasteiger partial charge in [0.25, 0.3) is 0 Å². The van der Waals surface area contributed by atoms with Gasteiger partial charge in [-0.05, 0) is 44.1 Å². The fourth-order valence-corrected chi connectivity index (χ4v) is 3.80. The highest BCUT2D eigenvalue weighted by Crippen LogP contribution is 2.45. The van der Waals surface area contributed by atoms with Gasteiger partial charge in [0, 0.05) is 24.2 Å². The number of nitrogens with zero attached hydrogens (tertiary/aromatic N) is 3. The Labute approximate surface area is 131 Å². The molecular weight excluding hydrogens is 276 g/mol. The third kappa shape index (κ3) is 2.46. The Morgan fingerprint density at radius 3 is 2.73 bits per heavy atom. The second-order valence-corrected chi connectivity index (χ2v) is 7.35. The van der Waals surface area contributed by atoms with Crippen molar-refractivity contribution in [3.63, 3.8) is 0 Å². The van der Waals surface area contributed by atoms with E-state index in [0.29, 0.717) is 17.8 Å². The van der Waals surface area contributed by atoms with E-state index in [4.69, 9.17) is 0 Å². The average Bonchev–Trinajstić information content (AvgIpc) is 3.00. The molecule has 2 heterocycles. The SMILES string of the molecule is CC1(c2nccc(NC(=O)N3CCC3C3CCCC3)n2)CC1. The average molecular weight is 300 g/mol. The Bertz CT molecular complexity index is 578. The molecule has 118 valence electrons. The summed E-state index contributed by atoms with van der Waals surface area (Å²) < 4.78 is 0. The Kier molecular flexibility index (Phi) is 3.31. The third-order valence-electron chi connectivity index (χ3n) is 5.70. The first-order chi connectivity index (χ1) is 10.7. The Balaban J connectivity index is 1.41. The Morgan fingerprint density at radius 1 is 1.32 bits per heavy atom. The minimum absolute atomic E-state index is 0.00810. The summed E-state index contributed by atoms with van der Waals surface area (Å²) in [4.78, 5) is 23.4. The molecular formula is C17H24N4O. The van der Waals surface area contributed by atoms with Crippen LogP contribution in [0.2, 0.25) is 0 Å². The number of aromatic nitrogens is 2. The van der Waals surface area contributed by atoms with E-state index < -0.39 is 0 Å². The van der Waals surface area contributed by atoms with Crippen LogP contribution in [0.15, 0.2) is 12.3 Å². The lowest BCUT2D eigenvalue weighted by Crippen LogP contribution is -2.55. The van der Waals surface area contributed by atoms with E-state index in [-0.39, 0.29) is 11.4 Å². The van der Waals surface area contributed by atoms with Crippen molar-refractivity contribution < 1.29 is 4.79 Å². The van der Waals surface area contributed by atoms with Crippen LogP contribution in [-0.2, 0) is 5.41 Å². The maximum Gasteiger partial charge on any atom is 0.323 e. The van der Waals surface area contributed by atoms with Crippen LogP contribution in [0.1, 0.15) is 57.7 Å². The summed E-state index contributed by atoms with van der Waals surface area (Å²) >= 11 is 0. The van der Waals surface area contributed by atoms with Crippen molar-refractivity contribution in [3.05, 3.63) is 18.1 Å². The third-order valence-corrected chi connectivity index (χ3v) is 5.70. The lowest BCUT2D eigenvalue weighted by atomic mass is 9.88. The molecule has 1 aromatic heterocycles. The molecule has 5 nitrogen and oxygen atoms in total. The van der Waals surface area contributed by atoms with Crippen molar-refractivity contribution in [2.75, 3.05) is 11.9 Å².